The van der Waals surface area contributed by atoms with Gasteiger partial charge in [0.15, 0.2) is 0 Å². The molecule has 2 rings (SSSR count). The molecule has 0 amide bonds. The summed E-state index contributed by atoms with van der Waals surface area (Å²) < 4.78 is 0. The Labute approximate surface area is 111 Å². The highest BCUT2D eigenvalue weighted by atomic mass is 16.3. The molecule has 100 valence electrons. The first-order chi connectivity index (χ1) is 8.35. The summed E-state index contributed by atoms with van der Waals surface area (Å²) in [5.74, 6) is 0. The van der Waals surface area contributed by atoms with Gasteiger partial charge in [0, 0.05) is 5.41 Å². The van der Waals surface area contributed by atoms with E-state index in [9.17, 15) is 5.11 Å². The van der Waals surface area contributed by atoms with Gasteiger partial charge in [-0.1, -0.05) is 29.8 Å². The predicted molar refractivity (Wildman–Crippen MR) is 75.9 cm³/mol. The monoisotopic (exact) mass is 247 g/mol. The molecule has 0 atom stereocenters. The molecule has 1 aromatic carbocycles. The first-order valence-electron chi connectivity index (χ1n) is 6.83. The van der Waals surface area contributed by atoms with Crippen molar-refractivity contribution < 1.29 is 5.11 Å². The van der Waals surface area contributed by atoms with Gasteiger partial charge in [-0.3, -0.25) is 0 Å². The highest BCUT2D eigenvalue weighted by Gasteiger charge is 2.46. The maximum Gasteiger partial charge on any atom is 0.0688 e. The summed E-state index contributed by atoms with van der Waals surface area (Å²) in [4.78, 5) is 2.35. The second-order valence-corrected chi connectivity index (χ2v) is 6.31. The molecule has 1 heterocycles. The minimum atomic E-state index is -0.677. The maximum atomic E-state index is 10.7. The lowest BCUT2D eigenvalue weighted by molar-refractivity contribution is -0.0362. The smallest absolute Gasteiger partial charge is 0.0688 e. The van der Waals surface area contributed by atoms with E-state index in [1.807, 2.05) is 13.8 Å². The second kappa shape index (κ2) is 4.67. The van der Waals surface area contributed by atoms with Gasteiger partial charge in [0.25, 0.3) is 0 Å². The number of rotatable bonds is 2. The van der Waals surface area contributed by atoms with Crippen molar-refractivity contribution in [3.63, 3.8) is 0 Å². The average molecular weight is 247 g/mol. The lowest BCUT2D eigenvalue weighted by Crippen LogP contribution is -2.53. The van der Waals surface area contributed by atoms with Crippen LogP contribution in [0.15, 0.2) is 24.3 Å². The normalized spacial score (nSPS) is 20.9. The Balaban J connectivity index is 2.40. The van der Waals surface area contributed by atoms with Crippen LogP contribution >= 0.6 is 0 Å². The minimum absolute atomic E-state index is 0.104. The van der Waals surface area contributed by atoms with Gasteiger partial charge in [0.1, 0.15) is 0 Å². The Hall–Kier alpha value is -0.860. The fourth-order valence-electron chi connectivity index (χ4n) is 3.13. The lowest BCUT2D eigenvalue weighted by atomic mass is 9.63. The molecule has 1 saturated heterocycles. The number of hydrogen-bond donors (Lipinski definition) is 1. The molecule has 2 nitrogen and oxygen atoms in total. The summed E-state index contributed by atoms with van der Waals surface area (Å²) in [7, 11) is 2.16. The lowest BCUT2D eigenvalue weighted by Gasteiger charge is -2.48. The van der Waals surface area contributed by atoms with E-state index >= 15 is 0 Å². The van der Waals surface area contributed by atoms with Gasteiger partial charge < -0.3 is 10.0 Å². The van der Waals surface area contributed by atoms with Gasteiger partial charge in [-0.05, 0) is 59.3 Å². The van der Waals surface area contributed by atoms with Crippen molar-refractivity contribution in [3.05, 3.63) is 35.4 Å². The third kappa shape index (κ3) is 2.32. The summed E-state index contributed by atoms with van der Waals surface area (Å²) in [5, 5.41) is 10.7. The molecule has 0 unspecified atom stereocenters. The quantitative estimate of drug-likeness (QED) is 0.868. The Kier molecular flexibility index (Phi) is 3.52. The van der Waals surface area contributed by atoms with Crippen LogP contribution in [0.1, 0.15) is 37.8 Å². The standard InChI is InChI=1S/C16H25NO/c1-13-5-7-14(8-6-13)16(15(2,3)18)9-11-17(4)12-10-16/h5-8,18H,9-12H2,1-4H3. The highest BCUT2D eigenvalue weighted by Crippen LogP contribution is 2.43. The number of benzene rings is 1. The summed E-state index contributed by atoms with van der Waals surface area (Å²) in [6, 6.07) is 8.69. The van der Waals surface area contributed by atoms with Gasteiger partial charge in [-0.15, -0.1) is 0 Å². The van der Waals surface area contributed by atoms with Gasteiger partial charge in [0.05, 0.1) is 5.60 Å². The zero-order chi connectivity index (χ0) is 13.4. The van der Waals surface area contributed by atoms with Crippen LogP contribution in [0.4, 0.5) is 0 Å². The molecule has 0 radical (unpaired) electrons. The summed E-state index contributed by atoms with van der Waals surface area (Å²) >= 11 is 0. The molecule has 18 heavy (non-hydrogen) atoms. The van der Waals surface area contributed by atoms with Crippen molar-refractivity contribution in [1.82, 2.24) is 4.90 Å². The van der Waals surface area contributed by atoms with Crippen molar-refractivity contribution in [2.75, 3.05) is 20.1 Å². The number of hydrogen-bond acceptors (Lipinski definition) is 2. The van der Waals surface area contributed by atoms with Crippen LogP contribution in [0.5, 0.6) is 0 Å². The molecule has 1 aromatic rings. The summed E-state index contributed by atoms with van der Waals surface area (Å²) in [5.41, 5.74) is 1.78. The number of aryl methyl sites for hydroxylation is 1. The molecule has 1 fully saturated rings. The van der Waals surface area contributed by atoms with Crippen LogP contribution in [0.2, 0.25) is 0 Å². The third-order valence-electron chi connectivity index (χ3n) is 4.62. The topological polar surface area (TPSA) is 23.5 Å². The Morgan fingerprint density at radius 1 is 1.11 bits per heavy atom. The van der Waals surface area contributed by atoms with E-state index in [-0.39, 0.29) is 5.41 Å². The summed E-state index contributed by atoms with van der Waals surface area (Å²) in [6.07, 6.45) is 2.05. The molecule has 1 aliphatic rings. The van der Waals surface area contributed by atoms with E-state index in [1.165, 1.54) is 11.1 Å². The SMILES string of the molecule is Cc1ccc(C2(C(C)(C)O)CCN(C)CC2)cc1. The molecular formula is C16H25NO. The predicted octanol–water partition coefficient (Wildman–Crippen LogP) is 2.73. The van der Waals surface area contributed by atoms with Crippen molar-refractivity contribution in [2.45, 2.75) is 44.6 Å². The van der Waals surface area contributed by atoms with Crippen LogP contribution in [0.3, 0.4) is 0 Å². The van der Waals surface area contributed by atoms with E-state index < -0.39 is 5.60 Å². The Morgan fingerprint density at radius 2 is 1.61 bits per heavy atom. The molecule has 0 aromatic heterocycles. The first kappa shape index (κ1) is 13.6. The first-order valence-corrected chi connectivity index (χ1v) is 6.83. The largest absolute Gasteiger partial charge is 0.390 e. The molecule has 1 aliphatic heterocycles. The van der Waals surface area contributed by atoms with Crippen LogP contribution in [-0.2, 0) is 5.41 Å². The van der Waals surface area contributed by atoms with E-state index in [0.29, 0.717) is 0 Å². The van der Waals surface area contributed by atoms with E-state index in [4.69, 9.17) is 0 Å². The molecule has 0 aliphatic carbocycles. The number of piperidine rings is 1. The zero-order valence-electron chi connectivity index (χ0n) is 12.0. The van der Waals surface area contributed by atoms with Gasteiger partial charge in [0.2, 0.25) is 0 Å². The molecule has 0 bridgehead atoms. The van der Waals surface area contributed by atoms with E-state index in [1.54, 1.807) is 0 Å². The highest BCUT2D eigenvalue weighted by molar-refractivity contribution is 5.32. The van der Waals surface area contributed by atoms with Crippen LogP contribution in [0, 0.1) is 6.92 Å². The fourth-order valence-corrected chi connectivity index (χ4v) is 3.13. The number of aliphatic hydroxyl groups is 1. The van der Waals surface area contributed by atoms with Gasteiger partial charge >= 0.3 is 0 Å². The van der Waals surface area contributed by atoms with Crippen molar-refractivity contribution >= 4 is 0 Å². The average Bonchev–Trinajstić information content (AvgIpc) is 2.30. The van der Waals surface area contributed by atoms with Gasteiger partial charge in [-0.25, -0.2) is 0 Å². The molecule has 0 saturated carbocycles. The minimum Gasteiger partial charge on any atom is -0.390 e. The fraction of sp³-hybridized carbons (Fsp3) is 0.625. The zero-order valence-corrected chi connectivity index (χ0v) is 12.0. The molecule has 0 spiro atoms. The van der Waals surface area contributed by atoms with Crippen molar-refractivity contribution in [3.8, 4) is 0 Å². The number of likely N-dealkylation sites (tertiary alicyclic amines) is 1. The van der Waals surface area contributed by atoms with Crippen molar-refractivity contribution in [2.24, 2.45) is 0 Å². The summed E-state index contributed by atoms with van der Waals surface area (Å²) in [6.45, 7) is 8.13. The van der Waals surface area contributed by atoms with Crippen LogP contribution in [0.25, 0.3) is 0 Å². The van der Waals surface area contributed by atoms with Crippen LogP contribution < -0.4 is 0 Å². The van der Waals surface area contributed by atoms with Crippen molar-refractivity contribution in [1.29, 1.82) is 0 Å². The molecule has 2 heteroatoms. The van der Waals surface area contributed by atoms with E-state index in [2.05, 4.69) is 43.1 Å². The Morgan fingerprint density at radius 3 is 2.06 bits per heavy atom. The number of nitrogens with zero attached hydrogens (tertiary/aromatic N) is 1. The van der Waals surface area contributed by atoms with Crippen LogP contribution in [-0.4, -0.2) is 35.7 Å². The second-order valence-electron chi connectivity index (χ2n) is 6.31. The molecule has 1 N–H and O–H groups in total. The van der Waals surface area contributed by atoms with Gasteiger partial charge in [-0.2, -0.15) is 0 Å². The maximum absolute atomic E-state index is 10.7. The molecular weight excluding hydrogens is 222 g/mol. The third-order valence-corrected chi connectivity index (χ3v) is 4.62. The van der Waals surface area contributed by atoms with E-state index in [0.717, 1.165) is 25.9 Å². The Bertz CT molecular complexity index is 394.